The number of nitrogens with zero attached hydrogens (tertiary/aromatic N) is 2. The molecule has 3 nitrogen and oxygen atoms in total. The third-order valence-corrected chi connectivity index (χ3v) is 4.09. The predicted octanol–water partition coefficient (Wildman–Crippen LogP) is 2.55. The summed E-state index contributed by atoms with van der Waals surface area (Å²) in [5, 5.41) is 8.45. The van der Waals surface area contributed by atoms with Crippen LogP contribution in [0.1, 0.15) is 63.0 Å². The molecule has 3 rings (SSSR count). The molecule has 0 spiro atoms. The maximum atomic E-state index is 4.96. The van der Waals surface area contributed by atoms with E-state index in [2.05, 4.69) is 30.8 Å². The molecule has 17 heavy (non-hydrogen) atoms. The Labute approximate surface area is 104 Å². The average molecular weight is 233 g/mol. The van der Waals surface area contributed by atoms with Gasteiger partial charge < -0.3 is 5.32 Å². The molecular formula is C14H23N3. The van der Waals surface area contributed by atoms with E-state index in [-0.39, 0.29) is 5.41 Å². The maximum Gasteiger partial charge on any atom is 0.0713 e. The minimum Gasteiger partial charge on any atom is -0.311 e. The van der Waals surface area contributed by atoms with E-state index in [1.165, 1.54) is 36.2 Å². The van der Waals surface area contributed by atoms with Gasteiger partial charge in [-0.2, -0.15) is 5.10 Å². The van der Waals surface area contributed by atoms with Crippen LogP contribution >= 0.6 is 0 Å². The predicted molar refractivity (Wildman–Crippen MR) is 69.2 cm³/mol. The Balaban J connectivity index is 2.07. The molecule has 3 heteroatoms. The number of fused-ring (bicyclic) bond motifs is 1. The van der Waals surface area contributed by atoms with Crippen LogP contribution in [0.2, 0.25) is 0 Å². The van der Waals surface area contributed by atoms with E-state index in [1.807, 2.05) is 0 Å². The molecule has 1 saturated carbocycles. The van der Waals surface area contributed by atoms with Gasteiger partial charge in [-0.25, -0.2) is 0 Å². The standard InChI is InChI=1S/C14H23N3/c1-14(2,3)13-11-7-8-15-9-12(11)17(16-13)10-5-4-6-10/h10,15H,4-9H2,1-3H3. The lowest BCUT2D eigenvalue weighted by molar-refractivity contribution is 0.277. The van der Waals surface area contributed by atoms with Crippen LogP contribution < -0.4 is 5.32 Å². The second kappa shape index (κ2) is 3.84. The Morgan fingerprint density at radius 1 is 1.29 bits per heavy atom. The first-order valence-electron chi connectivity index (χ1n) is 6.89. The highest BCUT2D eigenvalue weighted by Gasteiger charge is 2.31. The van der Waals surface area contributed by atoms with Gasteiger partial charge in [0, 0.05) is 12.0 Å². The van der Waals surface area contributed by atoms with Crippen LogP contribution in [-0.4, -0.2) is 16.3 Å². The van der Waals surface area contributed by atoms with E-state index in [9.17, 15) is 0 Å². The molecule has 94 valence electrons. The summed E-state index contributed by atoms with van der Waals surface area (Å²) >= 11 is 0. The summed E-state index contributed by atoms with van der Waals surface area (Å²) in [6.07, 6.45) is 5.15. The van der Waals surface area contributed by atoms with Crippen LogP contribution in [0.5, 0.6) is 0 Å². The third kappa shape index (κ3) is 1.81. The van der Waals surface area contributed by atoms with Gasteiger partial charge in [-0.3, -0.25) is 4.68 Å². The molecule has 0 atom stereocenters. The minimum absolute atomic E-state index is 0.177. The van der Waals surface area contributed by atoms with Crippen molar-refractivity contribution in [1.29, 1.82) is 0 Å². The van der Waals surface area contributed by atoms with Crippen LogP contribution in [0.25, 0.3) is 0 Å². The van der Waals surface area contributed by atoms with Crippen molar-refractivity contribution in [3.05, 3.63) is 17.0 Å². The normalized spacial score (nSPS) is 21.1. The summed E-state index contributed by atoms with van der Waals surface area (Å²) in [6.45, 7) is 8.95. The van der Waals surface area contributed by atoms with E-state index in [0.29, 0.717) is 6.04 Å². The largest absolute Gasteiger partial charge is 0.311 e. The molecular weight excluding hydrogens is 210 g/mol. The quantitative estimate of drug-likeness (QED) is 0.808. The van der Waals surface area contributed by atoms with E-state index in [1.54, 1.807) is 0 Å². The van der Waals surface area contributed by atoms with Crippen LogP contribution in [-0.2, 0) is 18.4 Å². The van der Waals surface area contributed by atoms with Gasteiger partial charge in [-0.05, 0) is 37.8 Å². The van der Waals surface area contributed by atoms with Crippen molar-refractivity contribution < 1.29 is 0 Å². The van der Waals surface area contributed by atoms with Crippen molar-refractivity contribution in [2.45, 2.75) is 64.5 Å². The van der Waals surface area contributed by atoms with Gasteiger partial charge in [0.1, 0.15) is 0 Å². The molecule has 2 heterocycles. The lowest BCUT2D eigenvalue weighted by Gasteiger charge is -2.28. The fraction of sp³-hybridized carbons (Fsp3) is 0.786. The van der Waals surface area contributed by atoms with E-state index >= 15 is 0 Å². The number of aromatic nitrogens is 2. The molecule has 0 unspecified atom stereocenters. The van der Waals surface area contributed by atoms with E-state index in [0.717, 1.165) is 19.5 Å². The average Bonchev–Trinajstić information content (AvgIpc) is 2.55. The van der Waals surface area contributed by atoms with E-state index < -0.39 is 0 Å². The highest BCUT2D eigenvalue weighted by molar-refractivity contribution is 5.33. The first-order chi connectivity index (χ1) is 8.07. The van der Waals surface area contributed by atoms with Gasteiger partial charge >= 0.3 is 0 Å². The molecule has 2 aliphatic rings. The zero-order chi connectivity index (χ0) is 12.0. The topological polar surface area (TPSA) is 29.9 Å². The van der Waals surface area contributed by atoms with E-state index in [4.69, 9.17) is 5.10 Å². The van der Waals surface area contributed by atoms with Gasteiger partial charge in [-0.1, -0.05) is 20.8 Å². The number of hydrogen-bond acceptors (Lipinski definition) is 2. The summed E-state index contributed by atoms with van der Waals surface area (Å²) in [7, 11) is 0. The number of rotatable bonds is 1. The molecule has 1 fully saturated rings. The Kier molecular flexibility index (Phi) is 2.54. The second-order valence-electron chi connectivity index (χ2n) is 6.48. The Morgan fingerprint density at radius 2 is 2.06 bits per heavy atom. The van der Waals surface area contributed by atoms with Crippen molar-refractivity contribution >= 4 is 0 Å². The molecule has 1 aliphatic carbocycles. The summed E-state index contributed by atoms with van der Waals surface area (Å²) in [5.41, 5.74) is 4.51. The van der Waals surface area contributed by atoms with Crippen molar-refractivity contribution in [3.8, 4) is 0 Å². The summed E-state index contributed by atoms with van der Waals surface area (Å²) in [6, 6.07) is 0.680. The van der Waals surface area contributed by atoms with Crippen molar-refractivity contribution in [2.24, 2.45) is 0 Å². The first-order valence-corrected chi connectivity index (χ1v) is 6.89. The Morgan fingerprint density at radius 3 is 2.65 bits per heavy atom. The number of hydrogen-bond donors (Lipinski definition) is 1. The van der Waals surface area contributed by atoms with Gasteiger partial charge in [0.15, 0.2) is 0 Å². The molecule has 0 bridgehead atoms. The van der Waals surface area contributed by atoms with Gasteiger partial charge in [0.2, 0.25) is 0 Å². The van der Waals surface area contributed by atoms with Crippen LogP contribution in [0, 0.1) is 0 Å². The fourth-order valence-corrected chi connectivity index (χ4v) is 2.91. The third-order valence-electron chi connectivity index (χ3n) is 4.09. The maximum absolute atomic E-state index is 4.96. The second-order valence-corrected chi connectivity index (χ2v) is 6.48. The molecule has 1 aliphatic heterocycles. The molecule has 1 aromatic rings. The minimum atomic E-state index is 0.177. The molecule has 1 aromatic heterocycles. The van der Waals surface area contributed by atoms with Crippen LogP contribution in [0.15, 0.2) is 0 Å². The zero-order valence-electron chi connectivity index (χ0n) is 11.2. The highest BCUT2D eigenvalue weighted by atomic mass is 15.3. The Hall–Kier alpha value is -0.830. The molecule has 0 saturated heterocycles. The van der Waals surface area contributed by atoms with Crippen LogP contribution in [0.4, 0.5) is 0 Å². The fourth-order valence-electron chi connectivity index (χ4n) is 2.91. The first kappa shape index (κ1) is 11.3. The summed E-state index contributed by atoms with van der Waals surface area (Å²) in [4.78, 5) is 0. The van der Waals surface area contributed by atoms with Crippen molar-refractivity contribution in [2.75, 3.05) is 6.54 Å². The SMILES string of the molecule is CC(C)(C)c1nn(C2CCC2)c2c1CCNC2. The Bertz CT molecular complexity index is 421. The monoisotopic (exact) mass is 233 g/mol. The van der Waals surface area contributed by atoms with Crippen molar-refractivity contribution in [1.82, 2.24) is 15.1 Å². The summed E-state index contributed by atoms with van der Waals surface area (Å²) < 4.78 is 2.34. The zero-order valence-corrected chi connectivity index (χ0v) is 11.2. The van der Waals surface area contributed by atoms with Crippen molar-refractivity contribution in [3.63, 3.8) is 0 Å². The lowest BCUT2D eigenvalue weighted by atomic mass is 9.87. The smallest absolute Gasteiger partial charge is 0.0713 e. The van der Waals surface area contributed by atoms with Gasteiger partial charge in [0.05, 0.1) is 17.4 Å². The van der Waals surface area contributed by atoms with Gasteiger partial charge in [-0.15, -0.1) is 0 Å². The lowest BCUT2D eigenvalue weighted by Crippen LogP contribution is -2.28. The summed E-state index contributed by atoms with van der Waals surface area (Å²) in [5.74, 6) is 0. The van der Waals surface area contributed by atoms with Gasteiger partial charge in [0.25, 0.3) is 0 Å². The molecule has 0 amide bonds. The van der Waals surface area contributed by atoms with Crippen LogP contribution in [0.3, 0.4) is 0 Å². The highest BCUT2D eigenvalue weighted by Crippen LogP contribution is 2.36. The number of nitrogens with one attached hydrogen (secondary N) is 1. The molecule has 1 N–H and O–H groups in total. The molecule has 0 aromatic carbocycles. The molecule has 0 radical (unpaired) electrons.